The van der Waals surface area contributed by atoms with Crippen molar-refractivity contribution in [1.29, 1.82) is 0 Å². The van der Waals surface area contributed by atoms with Gasteiger partial charge in [-0.1, -0.05) is 32.9 Å². The van der Waals surface area contributed by atoms with Crippen molar-refractivity contribution < 1.29 is 9.47 Å². The zero-order valence-corrected chi connectivity index (χ0v) is 12.2. The quantitative estimate of drug-likeness (QED) is 0.597. The van der Waals surface area contributed by atoms with Crippen molar-refractivity contribution >= 4 is 0 Å². The highest BCUT2D eigenvalue weighted by Gasteiger charge is 2.21. The standard InChI is InChI=1S/C15H25NO2/c1-6-12-9-13(7-8-14(12)18-5)15(2,3)10-16-11-17-4/h7-9,16H,6,10-11H2,1-5H3. The van der Waals surface area contributed by atoms with Gasteiger partial charge in [0.2, 0.25) is 0 Å². The molecule has 0 heterocycles. The summed E-state index contributed by atoms with van der Waals surface area (Å²) in [5.74, 6) is 0.974. The van der Waals surface area contributed by atoms with E-state index in [1.165, 1.54) is 11.1 Å². The second kappa shape index (κ2) is 6.76. The highest BCUT2D eigenvalue weighted by Crippen LogP contribution is 2.28. The van der Waals surface area contributed by atoms with Gasteiger partial charge in [0, 0.05) is 19.1 Å². The number of rotatable bonds is 7. The normalized spacial score (nSPS) is 11.6. The molecule has 0 saturated carbocycles. The Balaban J connectivity index is 2.87. The molecule has 1 N–H and O–H groups in total. The van der Waals surface area contributed by atoms with Crippen LogP contribution in [0.15, 0.2) is 18.2 Å². The van der Waals surface area contributed by atoms with E-state index < -0.39 is 0 Å². The van der Waals surface area contributed by atoms with Crippen molar-refractivity contribution in [3.63, 3.8) is 0 Å². The third kappa shape index (κ3) is 3.72. The van der Waals surface area contributed by atoms with Crippen molar-refractivity contribution in [2.24, 2.45) is 0 Å². The molecule has 1 aromatic carbocycles. The number of methoxy groups -OCH3 is 2. The fourth-order valence-electron chi connectivity index (χ4n) is 2.04. The molecule has 0 fully saturated rings. The van der Waals surface area contributed by atoms with E-state index in [0.717, 1.165) is 18.7 Å². The molecule has 1 rings (SSSR count). The molecule has 0 aliphatic rings. The van der Waals surface area contributed by atoms with Crippen LogP contribution in [0.5, 0.6) is 5.75 Å². The molecule has 3 nitrogen and oxygen atoms in total. The van der Waals surface area contributed by atoms with Crippen LogP contribution in [0.4, 0.5) is 0 Å². The molecule has 0 saturated heterocycles. The first-order valence-electron chi connectivity index (χ1n) is 6.42. The van der Waals surface area contributed by atoms with Gasteiger partial charge in [0.15, 0.2) is 0 Å². The average Bonchev–Trinajstić information content (AvgIpc) is 2.38. The molecule has 0 aromatic heterocycles. The number of hydrogen-bond acceptors (Lipinski definition) is 3. The van der Waals surface area contributed by atoms with Crippen LogP contribution in [0.3, 0.4) is 0 Å². The van der Waals surface area contributed by atoms with E-state index in [1.807, 2.05) is 0 Å². The molecule has 18 heavy (non-hydrogen) atoms. The lowest BCUT2D eigenvalue weighted by molar-refractivity contribution is 0.169. The molecule has 0 spiro atoms. The summed E-state index contributed by atoms with van der Waals surface area (Å²) in [7, 11) is 3.42. The summed E-state index contributed by atoms with van der Waals surface area (Å²) in [4.78, 5) is 0. The largest absolute Gasteiger partial charge is 0.496 e. The number of hydrogen-bond donors (Lipinski definition) is 1. The summed E-state index contributed by atoms with van der Waals surface area (Å²) in [6.45, 7) is 8.09. The minimum absolute atomic E-state index is 0.0781. The summed E-state index contributed by atoms with van der Waals surface area (Å²) in [5.41, 5.74) is 2.66. The van der Waals surface area contributed by atoms with Crippen molar-refractivity contribution in [2.75, 3.05) is 27.5 Å². The van der Waals surface area contributed by atoms with Crippen LogP contribution < -0.4 is 10.1 Å². The summed E-state index contributed by atoms with van der Waals surface area (Å²) < 4.78 is 10.4. The molecular formula is C15H25NO2. The number of aryl methyl sites for hydroxylation is 1. The highest BCUT2D eigenvalue weighted by atomic mass is 16.5. The fraction of sp³-hybridized carbons (Fsp3) is 0.600. The van der Waals surface area contributed by atoms with Crippen molar-refractivity contribution in [1.82, 2.24) is 5.32 Å². The van der Waals surface area contributed by atoms with Gasteiger partial charge in [0.25, 0.3) is 0 Å². The van der Waals surface area contributed by atoms with Gasteiger partial charge in [-0.3, -0.25) is 5.32 Å². The molecule has 102 valence electrons. The Bertz CT molecular complexity index is 375. The average molecular weight is 251 g/mol. The molecule has 0 atom stereocenters. The van der Waals surface area contributed by atoms with Gasteiger partial charge in [-0.15, -0.1) is 0 Å². The van der Waals surface area contributed by atoms with Gasteiger partial charge in [-0.05, 0) is 23.6 Å². The molecule has 3 heteroatoms. The summed E-state index contributed by atoms with van der Waals surface area (Å²) in [5, 5.41) is 3.29. The minimum atomic E-state index is 0.0781. The maximum absolute atomic E-state index is 5.37. The van der Waals surface area contributed by atoms with Crippen molar-refractivity contribution in [2.45, 2.75) is 32.6 Å². The molecule has 0 bridgehead atoms. The van der Waals surface area contributed by atoms with E-state index in [2.05, 4.69) is 44.3 Å². The van der Waals surface area contributed by atoms with Gasteiger partial charge in [0.1, 0.15) is 5.75 Å². The topological polar surface area (TPSA) is 30.5 Å². The first-order valence-corrected chi connectivity index (χ1v) is 6.42. The number of benzene rings is 1. The SMILES string of the molecule is CCc1cc(C(C)(C)CNCOC)ccc1OC. The summed E-state index contributed by atoms with van der Waals surface area (Å²) in [6.07, 6.45) is 0.985. The van der Waals surface area contributed by atoms with Crippen LogP contribution in [-0.2, 0) is 16.6 Å². The van der Waals surface area contributed by atoms with Gasteiger partial charge in [-0.2, -0.15) is 0 Å². The number of ether oxygens (including phenoxy) is 2. The Morgan fingerprint density at radius 2 is 1.94 bits per heavy atom. The molecule has 0 aliphatic heterocycles. The molecular weight excluding hydrogens is 226 g/mol. The lowest BCUT2D eigenvalue weighted by Crippen LogP contribution is -2.34. The third-order valence-corrected chi connectivity index (χ3v) is 3.26. The Hall–Kier alpha value is -1.06. The van der Waals surface area contributed by atoms with E-state index in [-0.39, 0.29) is 5.41 Å². The van der Waals surface area contributed by atoms with Gasteiger partial charge >= 0.3 is 0 Å². The van der Waals surface area contributed by atoms with Crippen molar-refractivity contribution in [3.05, 3.63) is 29.3 Å². The lowest BCUT2D eigenvalue weighted by atomic mass is 9.83. The van der Waals surface area contributed by atoms with Gasteiger partial charge < -0.3 is 9.47 Å². The van der Waals surface area contributed by atoms with E-state index in [4.69, 9.17) is 9.47 Å². The van der Waals surface area contributed by atoms with Crippen LogP contribution >= 0.6 is 0 Å². The van der Waals surface area contributed by atoms with Crippen LogP contribution in [0.25, 0.3) is 0 Å². The first kappa shape index (κ1) is 15.0. The zero-order chi connectivity index (χ0) is 13.6. The van der Waals surface area contributed by atoms with Crippen LogP contribution in [0.2, 0.25) is 0 Å². The predicted molar refractivity (Wildman–Crippen MR) is 75.3 cm³/mol. The van der Waals surface area contributed by atoms with E-state index in [9.17, 15) is 0 Å². The minimum Gasteiger partial charge on any atom is -0.496 e. The smallest absolute Gasteiger partial charge is 0.122 e. The second-order valence-electron chi connectivity index (χ2n) is 5.12. The highest BCUT2D eigenvalue weighted by molar-refractivity contribution is 5.40. The molecule has 0 radical (unpaired) electrons. The Kier molecular flexibility index (Phi) is 5.63. The van der Waals surface area contributed by atoms with Gasteiger partial charge in [0.05, 0.1) is 13.8 Å². The summed E-state index contributed by atoms with van der Waals surface area (Å²) >= 11 is 0. The van der Waals surface area contributed by atoms with Crippen LogP contribution in [0.1, 0.15) is 31.9 Å². The second-order valence-corrected chi connectivity index (χ2v) is 5.12. The Morgan fingerprint density at radius 1 is 1.22 bits per heavy atom. The Morgan fingerprint density at radius 3 is 2.50 bits per heavy atom. The maximum atomic E-state index is 5.37. The van der Waals surface area contributed by atoms with Crippen LogP contribution in [0, 0.1) is 0 Å². The molecule has 1 aromatic rings. The first-order chi connectivity index (χ1) is 8.55. The zero-order valence-electron chi connectivity index (χ0n) is 12.2. The number of nitrogens with one attached hydrogen (secondary N) is 1. The monoisotopic (exact) mass is 251 g/mol. The molecule has 0 unspecified atom stereocenters. The predicted octanol–water partition coefficient (Wildman–Crippen LogP) is 2.73. The van der Waals surface area contributed by atoms with Gasteiger partial charge in [-0.25, -0.2) is 0 Å². The molecule has 0 amide bonds. The fourth-order valence-corrected chi connectivity index (χ4v) is 2.04. The van der Waals surface area contributed by atoms with E-state index in [1.54, 1.807) is 14.2 Å². The Labute approximate surface area is 110 Å². The molecule has 0 aliphatic carbocycles. The lowest BCUT2D eigenvalue weighted by Gasteiger charge is -2.26. The van der Waals surface area contributed by atoms with Crippen molar-refractivity contribution in [3.8, 4) is 5.75 Å². The van der Waals surface area contributed by atoms with E-state index in [0.29, 0.717) is 6.73 Å². The van der Waals surface area contributed by atoms with E-state index >= 15 is 0 Å². The third-order valence-electron chi connectivity index (χ3n) is 3.26. The van der Waals surface area contributed by atoms with Crippen LogP contribution in [-0.4, -0.2) is 27.5 Å². The maximum Gasteiger partial charge on any atom is 0.122 e. The summed E-state index contributed by atoms with van der Waals surface area (Å²) in [6, 6.07) is 6.45.